The summed E-state index contributed by atoms with van der Waals surface area (Å²) >= 11 is 0. The quantitative estimate of drug-likeness (QED) is 0.389. The smallest absolute Gasteiger partial charge is 0.277 e. The van der Waals surface area contributed by atoms with Gasteiger partial charge in [-0.05, 0) is 54.9 Å². The predicted octanol–water partition coefficient (Wildman–Crippen LogP) is 0.0327. The number of nitrogens with one attached hydrogen (secondary N) is 2. The highest BCUT2D eigenvalue weighted by Crippen LogP contribution is 2.30. The molecule has 0 saturated carbocycles. The second-order valence-corrected chi connectivity index (χ2v) is 8.61. The fourth-order valence-electron chi connectivity index (χ4n) is 3.14. The molecule has 1 fully saturated rings. The van der Waals surface area contributed by atoms with Crippen LogP contribution in [0.1, 0.15) is 12.0 Å². The van der Waals surface area contributed by atoms with Gasteiger partial charge >= 0.3 is 0 Å². The molecule has 4 N–H and O–H groups in total. The Morgan fingerprint density at radius 2 is 1.93 bits per heavy atom. The molecule has 2 atom stereocenters. The van der Waals surface area contributed by atoms with Crippen LogP contribution in [-0.2, 0) is 21.2 Å². The third kappa shape index (κ3) is 3.99. The van der Waals surface area contributed by atoms with Crippen LogP contribution >= 0.6 is 0 Å². The highest BCUT2D eigenvalue weighted by atomic mass is 32.2. The number of hydroxylamine groups is 1. The summed E-state index contributed by atoms with van der Waals surface area (Å²) in [7, 11) is -4.03. The molecule has 0 spiro atoms. The number of hydrogen-bond donors (Lipinski definition) is 4. The molecule has 1 aliphatic rings. The lowest BCUT2D eigenvalue weighted by atomic mass is 9.93. The van der Waals surface area contributed by atoms with Gasteiger partial charge in [0.25, 0.3) is 5.91 Å². The number of carbonyl (C=O) groups excluding carboxylic acids is 1. The number of pyridine rings is 1. The van der Waals surface area contributed by atoms with Crippen LogP contribution in [0, 0.1) is 0 Å². The van der Waals surface area contributed by atoms with E-state index in [1.54, 1.807) is 12.4 Å². The second kappa shape index (κ2) is 8.23. The van der Waals surface area contributed by atoms with Crippen LogP contribution in [0.15, 0.2) is 53.7 Å². The second-order valence-electron chi connectivity index (χ2n) is 6.48. The number of sulfone groups is 1. The van der Waals surface area contributed by atoms with Crippen LogP contribution in [0.4, 0.5) is 0 Å². The van der Waals surface area contributed by atoms with Crippen LogP contribution in [-0.4, -0.2) is 53.6 Å². The average Bonchev–Trinajstić information content (AvgIpc) is 2.73. The lowest BCUT2D eigenvalue weighted by Gasteiger charge is -2.37. The van der Waals surface area contributed by atoms with E-state index < -0.39 is 26.6 Å². The summed E-state index contributed by atoms with van der Waals surface area (Å²) in [5, 5.41) is 20.9. The highest BCUT2D eigenvalue weighted by Gasteiger charge is 2.52. The first kappa shape index (κ1) is 20.2. The van der Waals surface area contributed by atoms with Crippen molar-refractivity contribution in [2.45, 2.75) is 28.8 Å². The van der Waals surface area contributed by atoms with E-state index in [2.05, 4.69) is 10.3 Å². The normalized spacial score (nSPS) is 22.4. The first-order valence-corrected chi connectivity index (χ1v) is 10.2. The largest absolute Gasteiger partial charge is 0.489 e. The number of rotatable bonds is 6. The number of aliphatic hydroxyl groups is 1. The number of β-amino-alcohol motifs (C(OH)–C–C–N with tert-alkyl or cyclic N) is 1. The van der Waals surface area contributed by atoms with Crippen molar-refractivity contribution in [3.8, 4) is 5.75 Å². The van der Waals surface area contributed by atoms with Crippen LogP contribution < -0.4 is 15.5 Å². The molecule has 0 bridgehead atoms. The van der Waals surface area contributed by atoms with E-state index in [1.165, 1.54) is 29.7 Å². The molecule has 1 amide bonds. The molecule has 9 nitrogen and oxygen atoms in total. The number of ether oxygens (including phenoxy) is 1. The summed E-state index contributed by atoms with van der Waals surface area (Å²) in [5.41, 5.74) is -0.00509. The maximum atomic E-state index is 13.0. The number of benzene rings is 1. The molecule has 0 radical (unpaired) electrons. The molecular formula is C18H21N3O6S. The van der Waals surface area contributed by atoms with Crippen molar-refractivity contribution >= 4 is 15.7 Å². The van der Waals surface area contributed by atoms with Gasteiger partial charge in [-0.2, -0.15) is 0 Å². The van der Waals surface area contributed by atoms with Crippen molar-refractivity contribution in [3.63, 3.8) is 0 Å². The van der Waals surface area contributed by atoms with E-state index in [9.17, 15) is 18.3 Å². The Kier molecular flexibility index (Phi) is 5.94. The minimum absolute atomic E-state index is 0.0204. The van der Waals surface area contributed by atoms with Gasteiger partial charge in [0.15, 0.2) is 15.4 Å². The van der Waals surface area contributed by atoms with Crippen molar-refractivity contribution in [2.75, 3.05) is 13.1 Å². The van der Waals surface area contributed by atoms with Gasteiger partial charge in [-0.15, -0.1) is 0 Å². The molecule has 10 heteroatoms. The number of aromatic nitrogens is 1. The standard InChI is InChI=1S/C18H21N3O6S/c22-17(21-24)18(23)12-20-10-7-16(18)28(25,26)15-3-1-14(2-4-15)27-11-13-5-8-19-9-6-13/h1-6,8-9,16,20,23-24H,7,10-12H2,(H,21,22). The Hall–Kier alpha value is -2.53. The van der Waals surface area contributed by atoms with Gasteiger partial charge in [-0.3, -0.25) is 15.0 Å². The van der Waals surface area contributed by atoms with Crippen LogP contribution in [0.25, 0.3) is 0 Å². The first-order valence-electron chi connectivity index (χ1n) is 8.61. The Balaban J connectivity index is 1.78. The van der Waals surface area contributed by atoms with Crippen molar-refractivity contribution in [3.05, 3.63) is 54.4 Å². The van der Waals surface area contributed by atoms with E-state index >= 15 is 0 Å². The minimum Gasteiger partial charge on any atom is -0.489 e. The average molecular weight is 407 g/mol. The molecule has 1 aliphatic heterocycles. The van der Waals surface area contributed by atoms with Gasteiger partial charge in [0.2, 0.25) is 0 Å². The zero-order chi connectivity index (χ0) is 20.2. The van der Waals surface area contributed by atoms with Crippen LogP contribution in [0.2, 0.25) is 0 Å². The molecule has 0 aliphatic carbocycles. The maximum absolute atomic E-state index is 13.0. The van der Waals surface area contributed by atoms with E-state index in [0.717, 1.165) is 5.56 Å². The van der Waals surface area contributed by atoms with E-state index in [-0.39, 0.29) is 17.9 Å². The number of piperidine rings is 1. The molecule has 150 valence electrons. The molecule has 2 aromatic rings. The van der Waals surface area contributed by atoms with Crippen molar-refractivity contribution in [2.24, 2.45) is 0 Å². The summed E-state index contributed by atoms with van der Waals surface area (Å²) in [5.74, 6) is -0.685. The third-order valence-corrected chi connectivity index (χ3v) is 6.99. The topological polar surface area (TPSA) is 138 Å². The number of nitrogens with zero attached hydrogens (tertiary/aromatic N) is 1. The Morgan fingerprint density at radius 1 is 1.25 bits per heavy atom. The zero-order valence-corrected chi connectivity index (χ0v) is 15.7. The molecule has 3 rings (SSSR count). The lowest BCUT2D eigenvalue weighted by molar-refractivity contribution is -0.149. The van der Waals surface area contributed by atoms with Gasteiger partial charge in [-0.1, -0.05) is 0 Å². The predicted molar refractivity (Wildman–Crippen MR) is 98.4 cm³/mol. The van der Waals surface area contributed by atoms with Gasteiger partial charge < -0.3 is 15.2 Å². The van der Waals surface area contributed by atoms with Crippen molar-refractivity contribution < 1.29 is 28.3 Å². The van der Waals surface area contributed by atoms with E-state index in [4.69, 9.17) is 9.94 Å². The van der Waals surface area contributed by atoms with Crippen LogP contribution in [0.5, 0.6) is 5.75 Å². The monoisotopic (exact) mass is 407 g/mol. The molecule has 2 heterocycles. The first-order chi connectivity index (χ1) is 13.4. The minimum atomic E-state index is -4.03. The fourth-order valence-corrected chi connectivity index (χ4v) is 5.11. The number of carbonyl (C=O) groups is 1. The fraction of sp³-hybridized carbons (Fsp3) is 0.333. The van der Waals surface area contributed by atoms with Crippen molar-refractivity contribution in [1.82, 2.24) is 15.8 Å². The highest BCUT2D eigenvalue weighted by molar-refractivity contribution is 7.92. The van der Waals surface area contributed by atoms with Crippen LogP contribution in [0.3, 0.4) is 0 Å². The SMILES string of the molecule is O=C(NO)C1(O)CNCCC1S(=O)(=O)c1ccc(OCc2ccncc2)cc1. The van der Waals surface area contributed by atoms with Gasteiger partial charge in [0.1, 0.15) is 17.6 Å². The molecular weight excluding hydrogens is 386 g/mol. The van der Waals surface area contributed by atoms with Gasteiger partial charge in [0, 0.05) is 18.9 Å². The lowest BCUT2D eigenvalue weighted by Crippen LogP contribution is -2.65. The number of amides is 1. The Morgan fingerprint density at radius 3 is 2.57 bits per heavy atom. The maximum Gasteiger partial charge on any atom is 0.277 e. The van der Waals surface area contributed by atoms with Crippen molar-refractivity contribution in [1.29, 1.82) is 0 Å². The summed E-state index contributed by atoms with van der Waals surface area (Å²) in [6, 6.07) is 9.39. The zero-order valence-electron chi connectivity index (χ0n) is 14.9. The summed E-state index contributed by atoms with van der Waals surface area (Å²) < 4.78 is 31.7. The Bertz CT molecular complexity index is 920. The molecule has 2 unspecified atom stereocenters. The third-order valence-electron chi connectivity index (χ3n) is 4.69. The molecule has 28 heavy (non-hydrogen) atoms. The Labute approximate surface area is 162 Å². The summed E-state index contributed by atoms with van der Waals surface area (Å²) in [4.78, 5) is 15.8. The molecule has 1 saturated heterocycles. The summed E-state index contributed by atoms with van der Waals surface area (Å²) in [6.07, 6.45) is 3.32. The van der Waals surface area contributed by atoms with E-state index in [0.29, 0.717) is 18.9 Å². The summed E-state index contributed by atoms with van der Waals surface area (Å²) in [6.45, 7) is 0.341. The van der Waals surface area contributed by atoms with E-state index in [1.807, 2.05) is 12.1 Å². The van der Waals surface area contributed by atoms with Gasteiger partial charge in [0.05, 0.1) is 4.90 Å². The molecule has 1 aromatic heterocycles. The molecule has 1 aromatic carbocycles. The number of hydrogen-bond acceptors (Lipinski definition) is 8. The van der Waals surface area contributed by atoms with Gasteiger partial charge in [-0.25, -0.2) is 13.9 Å².